The van der Waals surface area contributed by atoms with Crippen LogP contribution in [-0.4, -0.2) is 43.5 Å². The van der Waals surface area contributed by atoms with Crippen molar-refractivity contribution in [2.24, 2.45) is 5.92 Å². The Bertz CT molecular complexity index is 609. The average Bonchev–Trinajstić information content (AvgIpc) is 2.94. The Kier molecular flexibility index (Phi) is 6.25. The maximum atomic E-state index is 13.9. The SMILES string of the molecule is CC[C@@H](NC(=O)[C@H]1CC(=O)N(CCOC)C1)c1cc(F)ccc1F. The number of carbonyl (C=O) groups excluding carboxylic acids is 2. The highest BCUT2D eigenvalue weighted by Gasteiger charge is 2.34. The molecule has 24 heavy (non-hydrogen) atoms. The van der Waals surface area contributed by atoms with E-state index in [1.54, 1.807) is 18.9 Å². The van der Waals surface area contributed by atoms with Crippen molar-refractivity contribution in [2.75, 3.05) is 26.8 Å². The minimum absolute atomic E-state index is 0.0998. The molecule has 0 unspecified atom stereocenters. The Morgan fingerprint density at radius 3 is 2.88 bits per heavy atom. The van der Waals surface area contributed by atoms with Gasteiger partial charge in [0.05, 0.1) is 18.6 Å². The lowest BCUT2D eigenvalue weighted by atomic mass is 10.0. The van der Waals surface area contributed by atoms with Crippen molar-refractivity contribution in [2.45, 2.75) is 25.8 Å². The largest absolute Gasteiger partial charge is 0.383 e. The van der Waals surface area contributed by atoms with Gasteiger partial charge in [-0.1, -0.05) is 6.92 Å². The topological polar surface area (TPSA) is 58.6 Å². The van der Waals surface area contributed by atoms with Gasteiger partial charge >= 0.3 is 0 Å². The molecule has 1 N–H and O–H groups in total. The molecule has 5 nitrogen and oxygen atoms in total. The summed E-state index contributed by atoms with van der Waals surface area (Å²) in [4.78, 5) is 25.9. The lowest BCUT2D eigenvalue weighted by Gasteiger charge is -2.21. The van der Waals surface area contributed by atoms with E-state index in [2.05, 4.69) is 5.32 Å². The van der Waals surface area contributed by atoms with Gasteiger partial charge in [0, 0.05) is 32.2 Å². The maximum absolute atomic E-state index is 13.9. The minimum atomic E-state index is -0.628. The van der Waals surface area contributed by atoms with Crippen LogP contribution in [0.25, 0.3) is 0 Å². The molecule has 0 aliphatic carbocycles. The van der Waals surface area contributed by atoms with Crippen molar-refractivity contribution in [1.29, 1.82) is 0 Å². The van der Waals surface area contributed by atoms with E-state index >= 15 is 0 Å². The Hall–Kier alpha value is -2.02. The van der Waals surface area contributed by atoms with Crippen molar-refractivity contribution in [1.82, 2.24) is 10.2 Å². The molecule has 0 saturated carbocycles. The molecule has 7 heteroatoms. The number of ether oxygens (including phenoxy) is 1. The smallest absolute Gasteiger partial charge is 0.225 e. The third-order valence-electron chi connectivity index (χ3n) is 4.21. The molecule has 0 radical (unpaired) electrons. The van der Waals surface area contributed by atoms with E-state index in [-0.39, 0.29) is 23.8 Å². The number of hydrogen-bond donors (Lipinski definition) is 1. The molecule has 0 bridgehead atoms. The number of likely N-dealkylation sites (tertiary alicyclic amines) is 1. The quantitative estimate of drug-likeness (QED) is 0.826. The molecular formula is C17H22F2N2O3. The highest BCUT2D eigenvalue weighted by atomic mass is 19.1. The van der Waals surface area contributed by atoms with Crippen molar-refractivity contribution in [3.63, 3.8) is 0 Å². The zero-order chi connectivity index (χ0) is 17.7. The van der Waals surface area contributed by atoms with Crippen LogP contribution in [0.15, 0.2) is 18.2 Å². The molecule has 1 heterocycles. The fourth-order valence-corrected chi connectivity index (χ4v) is 2.84. The summed E-state index contributed by atoms with van der Waals surface area (Å²) >= 11 is 0. The number of benzene rings is 1. The summed E-state index contributed by atoms with van der Waals surface area (Å²) in [5, 5.41) is 2.73. The van der Waals surface area contributed by atoms with Crippen molar-refractivity contribution in [3.8, 4) is 0 Å². The summed E-state index contributed by atoms with van der Waals surface area (Å²) in [6, 6.07) is 2.55. The molecule has 2 amide bonds. The summed E-state index contributed by atoms with van der Waals surface area (Å²) < 4.78 is 32.2. The molecule has 0 spiro atoms. The van der Waals surface area contributed by atoms with Crippen LogP contribution in [-0.2, 0) is 14.3 Å². The summed E-state index contributed by atoms with van der Waals surface area (Å²) in [5.74, 6) is -2.02. The number of nitrogens with one attached hydrogen (secondary N) is 1. The maximum Gasteiger partial charge on any atom is 0.225 e. The molecule has 1 aliphatic heterocycles. The van der Waals surface area contributed by atoms with Gasteiger partial charge in [0.1, 0.15) is 11.6 Å². The highest BCUT2D eigenvalue weighted by molar-refractivity contribution is 5.89. The van der Waals surface area contributed by atoms with E-state index in [0.29, 0.717) is 26.1 Å². The Labute approximate surface area is 140 Å². The molecule has 132 valence electrons. The fraction of sp³-hybridized carbons (Fsp3) is 0.529. The Morgan fingerprint density at radius 2 is 2.21 bits per heavy atom. The van der Waals surface area contributed by atoms with Gasteiger partial charge in [0.2, 0.25) is 11.8 Å². The molecule has 2 rings (SSSR count). The lowest BCUT2D eigenvalue weighted by molar-refractivity contribution is -0.129. The first-order valence-corrected chi connectivity index (χ1v) is 7.98. The first kappa shape index (κ1) is 18.3. The molecule has 1 fully saturated rings. The van der Waals surface area contributed by atoms with Crippen molar-refractivity contribution >= 4 is 11.8 Å². The first-order chi connectivity index (χ1) is 11.5. The number of hydrogen-bond acceptors (Lipinski definition) is 3. The zero-order valence-electron chi connectivity index (χ0n) is 13.9. The second kappa shape index (κ2) is 8.19. The number of nitrogens with zero attached hydrogens (tertiary/aromatic N) is 1. The third kappa shape index (κ3) is 4.29. The summed E-state index contributed by atoms with van der Waals surface area (Å²) in [7, 11) is 1.55. The van der Waals surface area contributed by atoms with Crippen LogP contribution in [0.2, 0.25) is 0 Å². The molecular weight excluding hydrogens is 318 g/mol. The fourth-order valence-electron chi connectivity index (χ4n) is 2.84. The molecule has 1 aromatic rings. The highest BCUT2D eigenvalue weighted by Crippen LogP contribution is 2.24. The molecule has 0 aromatic heterocycles. The molecule has 2 atom stereocenters. The Balaban J connectivity index is 2.02. The number of methoxy groups -OCH3 is 1. The Morgan fingerprint density at radius 1 is 1.46 bits per heavy atom. The van der Waals surface area contributed by atoms with E-state index in [1.807, 2.05) is 0 Å². The van der Waals surface area contributed by atoms with Gasteiger partial charge in [-0.05, 0) is 24.6 Å². The third-order valence-corrected chi connectivity index (χ3v) is 4.21. The van der Waals surface area contributed by atoms with Gasteiger partial charge in [-0.3, -0.25) is 9.59 Å². The van der Waals surface area contributed by atoms with Crippen LogP contribution < -0.4 is 5.32 Å². The molecule has 1 saturated heterocycles. The molecule has 1 aromatic carbocycles. The van der Waals surface area contributed by atoms with Crippen molar-refractivity contribution < 1.29 is 23.1 Å². The van der Waals surface area contributed by atoms with Crippen LogP contribution >= 0.6 is 0 Å². The van der Waals surface area contributed by atoms with Crippen LogP contribution in [0.4, 0.5) is 8.78 Å². The van der Waals surface area contributed by atoms with E-state index in [1.165, 1.54) is 0 Å². The van der Waals surface area contributed by atoms with E-state index < -0.39 is 23.6 Å². The van der Waals surface area contributed by atoms with E-state index in [9.17, 15) is 18.4 Å². The number of rotatable bonds is 7. The zero-order valence-corrected chi connectivity index (χ0v) is 13.9. The lowest BCUT2D eigenvalue weighted by Crippen LogP contribution is -2.36. The number of halogens is 2. The van der Waals surface area contributed by atoms with Crippen LogP contribution in [0.1, 0.15) is 31.4 Å². The predicted molar refractivity (Wildman–Crippen MR) is 84.1 cm³/mol. The van der Waals surface area contributed by atoms with Crippen molar-refractivity contribution in [3.05, 3.63) is 35.4 Å². The van der Waals surface area contributed by atoms with Gasteiger partial charge in [-0.25, -0.2) is 8.78 Å². The van der Waals surface area contributed by atoms with E-state index in [4.69, 9.17) is 4.74 Å². The van der Waals surface area contributed by atoms with Gasteiger partial charge in [-0.2, -0.15) is 0 Å². The number of carbonyl (C=O) groups is 2. The summed E-state index contributed by atoms with van der Waals surface area (Å²) in [5.41, 5.74) is 0.117. The second-order valence-electron chi connectivity index (χ2n) is 5.87. The normalized spacial score (nSPS) is 18.8. The number of amides is 2. The second-order valence-corrected chi connectivity index (χ2v) is 5.87. The van der Waals surface area contributed by atoms with Gasteiger partial charge < -0.3 is 15.0 Å². The van der Waals surface area contributed by atoms with Gasteiger partial charge in [0.15, 0.2) is 0 Å². The summed E-state index contributed by atoms with van der Waals surface area (Å²) in [6.45, 7) is 2.94. The summed E-state index contributed by atoms with van der Waals surface area (Å²) in [6.07, 6.45) is 0.539. The molecule has 1 aliphatic rings. The standard InChI is InChI=1S/C17H22F2N2O3/c1-3-15(13-9-12(18)4-5-14(13)19)20-17(23)11-8-16(22)21(10-11)6-7-24-2/h4-5,9,11,15H,3,6-8,10H2,1-2H3,(H,20,23)/t11-,15+/m0/s1. The van der Waals surface area contributed by atoms with E-state index in [0.717, 1.165) is 18.2 Å². The van der Waals surface area contributed by atoms with Crippen LogP contribution in [0.3, 0.4) is 0 Å². The van der Waals surface area contributed by atoms with Gasteiger partial charge in [-0.15, -0.1) is 0 Å². The van der Waals surface area contributed by atoms with Gasteiger partial charge in [0.25, 0.3) is 0 Å². The minimum Gasteiger partial charge on any atom is -0.383 e. The predicted octanol–water partition coefficient (Wildman–Crippen LogP) is 2.03. The van der Waals surface area contributed by atoms with Crippen LogP contribution in [0, 0.1) is 17.6 Å². The first-order valence-electron chi connectivity index (χ1n) is 7.98. The van der Waals surface area contributed by atoms with Crippen LogP contribution in [0.5, 0.6) is 0 Å². The average molecular weight is 340 g/mol. The monoisotopic (exact) mass is 340 g/mol.